The van der Waals surface area contributed by atoms with Gasteiger partial charge in [0.25, 0.3) is 0 Å². The third kappa shape index (κ3) is 3.43. The predicted molar refractivity (Wildman–Crippen MR) is 41.7 cm³/mol. The Morgan fingerprint density at radius 1 is 2.00 bits per heavy atom. The molecule has 0 amide bonds. The van der Waals surface area contributed by atoms with Crippen LogP contribution in [-0.4, -0.2) is 2.83 Å². The van der Waals surface area contributed by atoms with Crippen molar-refractivity contribution >= 4 is 50.1 Å². The highest BCUT2D eigenvalue weighted by atomic mass is 127. The molecule has 0 fully saturated rings. The van der Waals surface area contributed by atoms with Gasteiger partial charge in [-0.3, -0.25) is 0 Å². The van der Waals surface area contributed by atoms with E-state index in [0.717, 1.165) is 0 Å². The van der Waals surface area contributed by atoms with Crippen molar-refractivity contribution in [1.29, 1.82) is 0 Å². The van der Waals surface area contributed by atoms with Crippen molar-refractivity contribution in [2.75, 3.05) is 0 Å². The van der Waals surface area contributed by atoms with Crippen molar-refractivity contribution in [2.24, 2.45) is 0 Å². The molecule has 0 bridgehead atoms. The number of hydrogen-bond acceptors (Lipinski definition) is 0. The molecule has 0 nitrogen and oxygen atoms in total. The molecule has 0 saturated heterocycles. The Morgan fingerprint density at radius 3 is 2.17 bits per heavy atom. The highest BCUT2D eigenvalue weighted by Crippen LogP contribution is 2.19. The van der Waals surface area contributed by atoms with Crippen LogP contribution < -0.4 is 0 Å². The summed E-state index contributed by atoms with van der Waals surface area (Å²) in [7, 11) is 0. The minimum absolute atomic E-state index is 0.205. The number of hydrogen-bond donors (Lipinski definition) is 0. The van der Waals surface area contributed by atoms with Crippen molar-refractivity contribution in [1.82, 2.24) is 0 Å². The van der Waals surface area contributed by atoms with E-state index >= 15 is 0 Å². The Kier molecular flexibility index (Phi) is 3.94. The first-order valence-corrected chi connectivity index (χ1v) is 3.81. The van der Waals surface area contributed by atoms with Crippen LogP contribution >= 0.6 is 50.1 Å². The fraction of sp³-hybridized carbons (Fsp3) is 0.333. The average molecular weight is 281 g/mol. The van der Waals surface area contributed by atoms with Crippen molar-refractivity contribution in [2.45, 2.75) is 2.83 Å². The van der Waals surface area contributed by atoms with Crippen LogP contribution in [0.3, 0.4) is 0 Å². The summed E-state index contributed by atoms with van der Waals surface area (Å²) in [5.74, 6) is 0. The van der Waals surface area contributed by atoms with Crippen molar-refractivity contribution in [3.8, 4) is 0 Å². The van der Waals surface area contributed by atoms with E-state index in [4.69, 9.17) is 11.6 Å². The number of halogens is 3. The van der Waals surface area contributed by atoms with E-state index in [1.54, 1.807) is 0 Å². The minimum atomic E-state index is 0.205. The summed E-state index contributed by atoms with van der Waals surface area (Å²) in [6.45, 7) is 3.47. The molecular weight excluding hydrogens is 278 g/mol. The van der Waals surface area contributed by atoms with Gasteiger partial charge in [-0.25, -0.2) is 0 Å². The predicted octanol–water partition coefficient (Wildman–Crippen LogP) is 2.89. The molecule has 0 aromatic carbocycles. The lowest BCUT2D eigenvalue weighted by atomic mass is 10.8. The van der Waals surface area contributed by atoms with Crippen LogP contribution in [-0.2, 0) is 0 Å². The van der Waals surface area contributed by atoms with Gasteiger partial charge in [0.15, 0.2) is 0 Å². The lowest BCUT2D eigenvalue weighted by molar-refractivity contribution is 1.72. The lowest BCUT2D eigenvalue weighted by Gasteiger charge is -1.90. The molecule has 6 heavy (non-hydrogen) atoms. The maximum atomic E-state index is 5.36. The second-order valence-electron chi connectivity index (χ2n) is 0.748. The molecule has 0 heterocycles. The molecule has 0 aliphatic heterocycles. The van der Waals surface area contributed by atoms with Crippen LogP contribution in [0.15, 0.2) is 11.6 Å². The Hall–Kier alpha value is 1.24. The second kappa shape index (κ2) is 3.27. The van der Waals surface area contributed by atoms with E-state index in [1.807, 2.05) is 0 Å². The Bertz CT molecular complexity index is 61.8. The van der Waals surface area contributed by atoms with E-state index in [-0.39, 0.29) is 2.83 Å². The third-order valence-electron chi connectivity index (χ3n) is 0.237. The summed E-state index contributed by atoms with van der Waals surface area (Å²) in [4.78, 5) is 0. The summed E-state index contributed by atoms with van der Waals surface area (Å²) >= 11 is 10.7. The van der Waals surface area contributed by atoms with Gasteiger partial charge in [0.1, 0.15) is 2.83 Å². The Labute approximate surface area is 64.2 Å². The summed E-state index contributed by atoms with van der Waals surface area (Å²) < 4.78 is 0.205. The van der Waals surface area contributed by atoms with E-state index in [0.29, 0.717) is 5.03 Å². The molecule has 3 heteroatoms. The zero-order valence-electron chi connectivity index (χ0n) is 2.92. The van der Waals surface area contributed by atoms with Gasteiger partial charge in [-0.2, -0.15) is 0 Å². The molecule has 1 atom stereocenters. The fourth-order valence-electron chi connectivity index (χ4n) is 0. The van der Waals surface area contributed by atoms with Crippen LogP contribution in [0.5, 0.6) is 0 Å². The number of alkyl halides is 2. The molecule has 0 aromatic heterocycles. The topological polar surface area (TPSA) is 0 Å². The van der Waals surface area contributed by atoms with Crippen LogP contribution in [0.1, 0.15) is 0 Å². The van der Waals surface area contributed by atoms with Crippen molar-refractivity contribution in [3.05, 3.63) is 11.6 Å². The zero-order valence-corrected chi connectivity index (χ0v) is 7.42. The average Bonchev–Trinajstić information content (AvgIpc) is 1.36. The Morgan fingerprint density at radius 2 is 2.17 bits per heavy atom. The summed E-state index contributed by atoms with van der Waals surface area (Å²) in [5.41, 5.74) is 0. The maximum absolute atomic E-state index is 5.36. The van der Waals surface area contributed by atoms with E-state index < -0.39 is 0 Å². The zero-order chi connectivity index (χ0) is 5.15. The van der Waals surface area contributed by atoms with E-state index in [9.17, 15) is 0 Å². The van der Waals surface area contributed by atoms with Gasteiger partial charge >= 0.3 is 0 Å². The van der Waals surface area contributed by atoms with Crippen LogP contribution in [0.25, 0.3) is 0 Å². The highest BCUT2D eigenvalue weighted by molar-refractivity contribution is 14.1. The van der Waals surface area contributed by atoms with E-state index in [1.165, 1.54) is 0 Å². The van der Waals surface area contributed by atoms with Gasteiger partial charge in [-0.15, -0.1) is 0 Å². The normalized spacial score (nSPS) is 13.8. The summed E-state index contributed by atoms with van der Waals surface area (Å²) in [6, 6.07) is 0. The quantitative estimate of drug-likeness (QED) is 0.512. The monoisotopic (exact) mass is 280 g/mol. The van der Waals surface area contributed by atoms with Gasteiger partial charge in [-0.1, -0.05) is 56.7 Å². The molecule has 0 aromatic rings. The molecule has 0 rings (SSSR count). The second-order valence-corrected chi connectivity index (χ2v) is 5.11. The van der Waals surface area contributed by atoms with Gasteiger partial charge in [0.05, 0.1) is 0 Å². The summed E-state index contributed by atoms with van der Waals surface area (Å²) in [6.07, 6.45) is 0. The summed E-state index contributed by atoms with van der Waals surface area (Å²) in [5, 5.41) is 0.635. The first kappa shape index (κ1) is 7.24. The van der Waals surface area contributed by atoms with Crippen LogP contribution in [0.2, 0.25) is 0 Å². The van der Waals surface area contributed by atoms with Gasteiger partial charge in [0, 0.05) is 5.03 Å². The smallest absolute Gasteiger partial charge is 0.0877 e. The standard InChI is InChI=1S/C3H3BrClI/c1-2(5)3(4)6/h3H,1H2. The molecule has 0 saturated carbocycles. The molecule has 36 valence electrons. The number of rotatable bonds is 1. The first-order valence-electron chi connectivity index (χ1n) is 1.27. The molecule has 0 aliphatic carbocycles. The Balaban J connectivity index is 3.26. The lowest BCUT2D eigenvalue weighted by Crippen LogP contribution is -1.76. The largest absolute Gasteiger partial charge is 0.101 e. The fourth-order valence-corrected chi connectivity index (χ4v) is 0. The molecule has 1 unspecified atom stereocenters. The van der Waals surface area contributed by atoms with Crippen LogP contribution in [0.4, 0.5) is 0 Å². The maximum Gasteiger partial charge on any atom is 0.101 e. The molecular formula is C3H3BrClI. The molecule has 0 radical (unpaired) electrons. The highest BCUT2D eigenvalue weighted by Gasteiger charge is 1.95. The van der Waals surface area contributed by atoms with Gasteiger partial charge in [-0.05, 0) is 0 Å². The SMILES string of the molecule is C=C(Cl)C(Br)I. The van der Waals surface area contributed by atoms with Crippen LogP contribution in [0, 0.1) is 0 Å². The first-order chi connectivity index (χ1) is 2.64. The third-order valence-corrected chi connectivity index (χ3v) is 2.39. The minimum Gasteiger partial charge on any atom is -0.0877 e. The van der Waals surface area contributed by atoms with Crippen molar-refractivity contribution < 1.29 is 0 Å². The molecule has 0 spiro atoms. The molecule has 0 aliphatic rings. The van der Waals surface area contributed by atoms with Crippen molar-refractivity contribution in [3.63, 3.8) is 0 Å². The number of allylic oxidation sites excluding steroid dienone is 1. The molecule has 0 N–H and O–H groups in total. The van der Waals surface area contributed by atoms with Gasteiger partial charge in [0.2, 0.25) is 0 Å². The van der Waals surface area contributed by atoms with Gasteiger partial charge < -0.3 is 0 Å². The van der Waals surface area contributed by atoms with E-state index in [2.05, 4.69) is 45.1 Å².